The number of carbonyl (C=O) groups excluding carboxylic acids is 4. The van der Waals surface area contributed by atoms with Crippen molar-refractivity contribution in [3.63, 3.8) is 0 Å². The van der Waals surface area contributed by atoms with Crippen LogP contribution in [0.5, 0.6) is 0 Å². The summed E-state index contributed by atoms with van der Waals surface area (Å²) in [6.07, 6.45) is 22.5. The quantitative estimate of drug-likeness (QED) is 0.0354. The molecule has 4 aromatic carbocycles. The Balaban J connectivity index is 0.000000113. The Bertz CT molecular complexity index is 6870. The van der Waals surface area contributed by atoms with Crippen molar-refractivity contribution >= 4 is 90.5 Å². The molecule has 0 radical (unpaired) electrons. The van der Waals surface area contributed by atoms with Gasteiger partial charge in [0.15, 0.2) is 17.3 Å². The Morgan fingerprint density at radius 2 is 0.639 bits per heavy atom. The van der Waals surface area contributed by atoms with Crippen LogP contribution in [-0.4, -0.2) is 229 Å². The maximum Gasteiger partial charge on any atom is 0.183 e. The van der Waals surface area contributed by atoms with E-state index in [4.69, 9.17) is 42.0 Å². The first-order valence-electron chi connectivity index (χ1n) is 47.5. The third-order valence-corrected chi connectivity index (χ3v) is 25.0. The molecular formula is C108H96N24O12. The fraction of sp³-hybridized carbons (Fsp3) is 0.222. The summed E-state index contributed by atoms with van der Waals surface area (Å²) in [6, 6.07) is 62.1. The Hall–Kier alpha value is -17.5. The minimum absolute atomic E-state index is 0.0470. The van der Waals surface area contributed by atoms with Gasteiger partial charge in [-0.05, 0) is 106 Å². The molecule has 4 aliphatic heterocycles. The predicted octanol–water partition coefficient (Wildman–Crippen LogP) is 15.5. The average Bonchev–Trinajstić information content (AvgIpc) is 1.65. The lowest BCUT2D eigenvalue weighted by atomic mass is 10.0. The number of Topliss-reactive ketones (excluding diaryl/α,β-unsaturated/α-hetero) is 4. The molecule has 0 atom stereocenters. The number of ketones is 4. The van der Waals surface area contributed by atoms with Gasteiger partial charge in [-0.2, -0.15) is 0 Å². The number of benzene rings is 4. The number of anilines is 4. The fourth-order valence-corrected chi connectivity index (χ4v) is 17.7. The predicted molar refractivity (Wildman–Crippen MR) is 538 cm³/mol. The highest BCUT2D eigenvalue weighted by atomic mass is 16.5. The monoisotopic (exact) mass is 1920 g/mol. The zero-order valence-electron chi connectivity index (χ0n) is 78.2. The van der Waals surface area contributed by atoms with Gasteiger partial charge in [-0.25, -0.2) is 39.9 Å². The smallest absolute Gasteiger partial charge is 0.183 e. The first-order chi connectivity index (χ1) is 70.9. The van der Waals surface area contributed by atoms with Crippen LogP contribution in [0.1, 0.15) is 45.3 Å². The molecule has 36 nitrogen and oxygen atoms in total. The second-order valence-corrected chi connectivity index (χ2v) is 35.0. The lowest BCUT2D eigenvalue weighted by molar-refractivity contribution is -0.118. The van der Waals surface area contributed by atoms with Crippen molar-refractivity contribution in [1.82, 2.24) is 100 Å². The lowest BCUT2D eigenvalue weighted by Gasteiger charge is -2.28. The van der Waals surface area contributed by atoms with Crippen LogP contribution < -0.4 is 19.6 Å². The molecule has 0 spiro atoms. The summed E-state index contributed by atoms with van der Waals surface area (Å²) in [5, 5.41) is 18.3. The average molecular weight is 1920 g/mol. The number of morpholine rings is 4. The number of H-pyrrole nitrogens is 4. The standard InChI is InChI=1S/C28H25N5O3.2C27H24N6O3.C26H23N7O3/c34-22(15-23-16-27(32-36-23)21-2-1-8-29-18-21)14-19-3-5-20(6-4-19)26-17-24-25(31-26)7-9-30-28(24)33-10-12-35-13-11-33;34-21(15-22-16-24(32-36-22)20-2-1-8-28-17-20)14-18-3-5-19(6-4-18)26-30-23-7-9-29-27(25(23)31-26)33-10-12-35-13-11-33;34-21(13-22-14-25(32-36-22)20-2-1-7-28-16-20)12-18-3-5-19(6-4-18)24-15-23-26(31-24)29-17-30-27(23)33-8-10-35-11-9-33;34-20(13-21-14-22(32-36-21)19-2-1-7-27-15-19)12-17-3-5-18(6-4-17)24-30-23-25(31-24)28-16-29-26(23)33-8-10-35-11-9-33/h1-9,16-18,31H,10-15H2;1-9,16-17H,10-15H2,(H,30,31);1-7,14-17H,8-13H2,(H,29,30,31);1-7,14-16H,8-13H2,(H,28,29,30,31). The van der Waals surface area contributed by atoms with Crippen LogP contribution in [0.15, 0.2) is 287 Å². The van der Waals surface area contributed by atoms with E-state index in [1.165, 1.54) is 0 Å². The first-order valence-corrected chi connectivity index (χ1v) is 47.5. The third kappa shape index (κ3) is 22.5. The Kier molecular flexibility index (Phi) is 28.3. The zero-order chi connectivity index (χ0) is 97.3. The number of hydrogen-bond donors (Lipinski definition) is 4. The van der Waals surface area contributed by atoms with Crippen LogP contribution in [0.25, 0.3) is 134 Å². The number of hydrogen-bond acceptors (Lipinski definition) is 32. The summed E-state index contributed by atoms with van der Waals surface area (Å²) in [5.41, 5.74) is 20.9. The van der Waals surface area contributed by atoms with E-state index in [-0.39, 0.29) is 48.8 Å². The van der Waals surface area contributed by atoms with Crippen molar-refractivity contribution in [2.24, 2.45) is 0 Å². The molecule has 0 bridgehead atoms. The van der Waals surface area contributed by atoms with Crippen LogP contribution >= 0.6 is 0 Å². The van der Waals surface area contributed by atoms with Gasteiger partial charge in [-0.1, -0.05) is 118 Å². The first kappa shape index (κ1) is 92.9. The maximum absolute atomic E-state index is 12.7. The van der Waals surface area contributed by atoms with Crippen molar-refractivity contribution < 1.29 is 56.2 Å². The van der Waals surface area contributed by atoms with E-state index in [9.17, 15) is 19.2 Å². The second kappa shape index (κ2) is 43.9. The Labute approximate surface area is 823 Å². The van der Waals surface area contributed by atoms with E-state index < -0.39 is 0 Å². The van der Waals surface area contributed by atoms with Crippen molar-refractivity contribution in [1.29, 1.82) is 0 Å². The Morgan fingerprint density at radius 3 is 1.05 bits per heavy atom. The van der Waals surface area contributed by atoms with Gasteiger partial charge < -0.3 is 76.6 Å². The number of imidazole rings is 2. The summed E-state index contributed by atoms with van der Waals surface area (Å²) in [6.45, 7) is 12.0. The minimum atomic E-state index is 0.0470. The number of aromatic nitrogens is 20. The molecule has 144 heavy (non-hydrogen) atoms. The highest BCUT2D eigenvalue weighted by Crippen LogP contribution is 2.36. The van der Waals surface area contributed by atoms with Crippen molar-refractivity contribution in [2.45, 2.75) is 51.4 Å². The number of nitrogens with one attached hydrogen (secondary N) is 4. The van der Waals surface area contributed by atoms with Crippen molar-refractivity contribution in [2.75, 3.05) is 125 Å². The topological polar surface area (TPSA) is 440 Å². The molecule has 16 aromatic heterocycles. The number of nitrogens with zero attached hydrogens (tertiary/aromatic N) is 20. The highest BCUT2D eigenvalue weighted by Gasteiger charge is 2.26. The summed E-state index contributed by atoms with van der Waals surface area (Å²) >= 11 is 0. The SMILES string of the molecule is O=C(Cc1ccc(-c2cc3c(N4CCOCC4)nccc3[nH]2)cc1)Cc1cc(-c2cccnc2)no1.O=C(Cc1ccc(-c2cc3c(N4CCOCC4)ncnc3[nH]2)cc1)Cc1cc(-c2cccnc2)no1.O=C(Cc1ccc(-c2nc3c(N4CCOCC4)nccc3[nH]2)cc1)Cc1cc(-c2cccnc2)no1.O=C(Cc1ccc(-c2nc3ncnc(N4CCOCC4)c3[nH]2)cc1)Cc1cc(-c2cccnc2)no1. The van der Waals surface area contributed by atoms with Gasteiger partial charge in [0.1, 0.15) is 122 Å². The van der Waals surface area contributed by atoms with E-state index in [0.717, 1.165) is 211 Å². The summed E-state index contributed by atoms with van der Waals surface area (Å²) < 4.78 is 43.3. The molecule has 0 amide bonds. The maximum atomic E-state index is 12.7. The van der Waals surface area contributed by atoms with Crippen LogP contribution in [0.2, 0.25) is 0 Å². The molecular weight excluding hydrogens is 1830 g/mol. The van der Waals surface area contributed by atoms with E-state index >= 15 is 0 Å². The molecule has 20 aromatic rings. The van der Waals surface area contributed by atoms with Crippen LogP contribution in [-0.2, 0) is 89.5 Å². The van der Waals surface area contributed by atoms with E-state index in [1.807, 2.05) is 164 Å². The molecule has 0 aliphatic carbocycles. The summed E-state index contributed by atoms with van der Waals surface area (Å²) in [7, 11) is 0. The van der Waals surface area contributed by atoms with Crippen LogP contribution in [0.3, 0.4) is 0 Å². The van der Waals surface area contributed by atoms with Gasteiger partial charge >= 0.3 is 0 Å². The van der Waals surface area contributed by atoms with Gasteiger partial charge in [0.05, 0.1) is 95.0 Å². The largest absolute Gasteiger partial charge is 0.378 e. The lowest BCUT2D eigenvalue weighted by Crippen LogP contribution is -2.36. The number of pyridine rings is 6. The fourth-order valence-electron chi connectivity index (χ4n) is 17.7. The molecule has 4 N–H and O–H groups in total. The molecule has 4 fully saturated rings. The van der Waals surface area contributed by atoms with E-state index in [2.05, 4.69) is 127 Å². The van der Waals surface area contributed by atoms with E-state index in [0.29, 0.717) is 123 Å². The number of fused-ring (bicyclic) bond motifs is 4. The van der Waals surface area contributed by atoms with Gasteiger partial charge in [0, 0.05) is 214 Å². The third-order valence-electron chi connectivity index (χ3n) is 25.0. The minimum Gasteiger partial charge on any atom is -0.378 e. The van der Waals surface area contributed by atoms with Gasteiger partial charge in [-0.3, -0.25) is 39.1 Å². The van der Waals surface area contributed by atoms with Gasteiger partial charge in [0.2, 0.25) is 0 Å². The molecule has 4 saturated heterocycles. The Morgan fingerprint density at radius 1 is 0.292 bits per heavy atom. The molecule has 20 heterocycles. The van der Waals surface area contributed by atoms with Gasteiger partial charge in [0.25, 0.3) is 0 Å². The highest BCUT2D eigenvalue weighted by molar-refractivity contribution is 5.96. The van der Waals surface area contributed by atoms with Crippen LogP contribution in [0, 0.1) is 0 Å². The molecule has 4 aliphatic rings. The normalized spacial score (nSPS) is 13.8. The summed E-state index contributed by atoms with van der Waals surface area (Å²) in [5.74, 6) is 7.53. The molecule has 720 valence electrons. The van der Waals surface area contributed by atoms with Gasteiger partial charge in [-0.15, -0.1) is 0 Å². The second-order valence-electron chi connectivity index (χ2n) is 35.0. The summed E-state index contributed by atoms with van der Waals surface area (Å²) in [4.78, 5) is 126. The molecule has 0 saturated carbocycles. The molecule has 24 rings (SSSR count). The van der Waals surface area contributed by atoms with Crippen molar-refractivity contribution in [3.8, 4) is 90.3 Å². The van der Waals surface area contributed by atoms with Crippen LogP contribution in [0.4, 0.5) is 23.3 Å². The van der Waals surface area contributed by atoms with E-state index in [1.54, 1.807) is 92.7 Å². The number of rotatable bonds is 28. The number of ether oxygens (including phenoxy) is 4. The van der Waals surface area contributed by atoms with Crippen molar-refractivity contribution in [3.05, 3.63) is 314 Å². The number of aromatic amines is 4. The molecule has 0 unspecified atom stereocenters. The zero-order valence-corrected chi connectivity index (χ0v) is 78.2. The number of carbonyl (C=O) groups is 4. The molecule has 36 heteroatoms.